The van der Waals surface area contributed by atoms with Crippen LogP contribution in [0.15, 0.2) is 24.3 Å². The molecule has 2 aliphatic heterocycles. The summed E-state index contributed by atoms with van der Waals surface area (Å²) in [6.07, 6.45) is 1.33. The lowest BCUT2D eigenvalue weighted by atomic mass is 9.88. The smallest absolute Gasteiger partial charge is 0.0414 e. The molecular weight excluding hydrogens is 184 g/mol. The highest BCUT2D eigenvalue weighted by Gasteiger charge is 2.35. The van der Waals surface area contributed by atoms with Gasteiger partial charge in [0, 0.05) is 24.8 Å². The summed E-state index contributed by atoms with van der Waals surface area (Å²) >= 11 is 0. The zero-order valence-corrected chi connectivity index (χ0v) is 9.24. The summed E-state index contributed by atoms with van der Waals surface area (Å²) in [6, 6.07) is 9.47. The topological polar surface area (TPSA) is 15.3 Å². The molecule has 0 radical (unpaired) electrons. The van der Waals surface area contributed by atoms with Crippen LogP contribution in [0.4, 0.5) is 5.69 Å². The lowest BCUT2D eigenvalue weighted by molar-refractivity contribution is 0.437. The number of fused-ring (bicyclic) bond motifs is 3. The van der Waals surface area contributed by atoms with Crippen molar-refractivity contribution in [1.29, 1.82) is 0 Å². The number of hydrogen-bond donors (Lipinski definition) is 1. The van der Waals surface area contributed by atoms with Gasteiger partial charge in [0.1, 0.15) is 0 Å². The van der Waals surface area contributed by atoms with Crippen molar-refractivity contribution in [3.8, 4) is 0 Å². The van der Waals surface area contributed by atoms with Crippen molar-refractivity contribution >= 4 is 5.69 Å². The molecule has 2 aliphatic rings. The Kier molecular flexibility index (Phi) is 2.17. The number of benzene rings is 1. The van der Waals surface area contributed by atoms with Crippen LogP contribution in [0.1, 0.15) is 24.9 Å². The van der Waals surface area contributed by atoms with Crippen LogP contribution in [-0.4, -0.2) is 19.6 Å². The molecule has 2 heterocycles. The van der Waals surface area contributed by atoms with Crippen LogP contribution in [0.3, 0.4) is 0 Å². The second-order valence-electron chi connectivity index (χ2n) is 4.58. The lowest BCUT2D eigenvalue weighted by Crippen LogP contribution is -2.37. The Morgan fingerprint density at radius 2 is 2.27 bits per heavy atom. The van der Waals surface area contributed by atoms with E-state index >= 15 is 0 Å². The standard InChI is InChI=1S/C13H18N2/c1-2-15-9-10-7-8-14-13(10)11-5-3-4-6-12(11)15/h3-6,10,13-14H,2,7-9H2,1H3/t10-,13-/m1/s1. The highest BCUT2D eigenvalue weighted by Crippen LogP contribution is 2.40. The van der Waals surface area contributed by atoms with Gasteiger partial charge in [0.25, 0.3) is 0 Å². The van der Waals surface area contributed by atoms with Gasteiger partial charge in [0.2, 0.25) is 0 Å². The van der Waals surface area contributed by atoms with E-state index in [0.29, 0.717) is 6.04 Å². The molecule has 0 spiro atoms. The molecule has 15 heavy (non-hydrogen) atoms. The van der Waals surface area contributed by atoms with Crippen molar-refractivity contribution < 1.29 is 0 Å². The summed E-state index contributed by atoms with van der Waals surface area (Å²) in [5.74, 6) is 0.819. The van der Waals surface area contributed by atoms with Gasteiger partial charge >= 0.3 is 0 Å². The first-order valence-corrected chi connectivity index (χ1v) is 5.97. The quantitative estimate of drug-likeness (QED) is 0.751. The molecule has 2 nitrogen and oxygen atoms in total. The predicted molar refractivity (Wildman–Crippen MR) is 63.2 cm³/mol. The summed E-state index contributed by atoms with van der Waals surface area (Å²) in [5.41, 5.74) is 2.95. The van der Waals surface area contributed by atoms with E-state index in [1.807, 2.05) is 0 Å². The van der Waals surface area contributed by atoms with Crippen molar-refractivity contribution in [2.24, 2.45) is 5.92 Å². The number of nitrogens with one attached hydrogen (secondary N) is 1. The Labute approximate surface area is 91.3 Å². The molecule has 0 bridgehead atoms. The normalized spacial score (nSPS) is 28.7. The number of hydrogen-bond acceptors (Lipinski definition) is 2. The van der Waals surface area contributed by atoms with E-state index in [-0.39, 0.29) is 0 Å². The summed E-state index contributed by atoms with van der Waals surface area (Å²) in [7, 11) is 0. The van der Waals surface area contributed by atoms with Gasteiger partial charge < -0.3 is 10.2 Å². The highest BCUT2D eigenvalue weighted by molar-refractivity contribution is 5.57. The molecule has 1 saturated heterocycles. The molecule has 3 rings (SSSR count). The first-order valence-electron chi connectivity index (χ1n) is 5.97. The Morgan fingerprint density at radius 1 is 1.40 bits per heavy atom. The molecule has 1 aromatic carbocycles. The van der Waals surface area contributed by atoms with Crippen molar-refractivity contribution in [3.63, 3.8) is 0 Å². The zero-order valence-electron chi connectivity index (χ0n) is 9.24. The molecule has 0 amide bonds. The van der Waals surface area contributed by atoms with Gasteiger partial charge in [-0.15, -0.1) is 0 Å². The monoisotopic (exact) mass is 202 g/mol. The van der Waals surface area contributed by atoms with Gasteiger partial charge in [0.05, 0.1) is 0 Å². The highest BCUT2D eigenvalue weighted by atomic mass is 15.2. The van der Waals surface area contributed by atoms with Crippen molar-refractivity contribution in [1.82, 2.24) is 5.32 Å². The van der Waals surface area contributed by atoms with Crippen molar-refractivity contribution in [2.45, 2.75) is 19.4 Å². The molecule has 2 atom stereocenters. The number of nitrogens with zero attached hydrogens (tertiary/aromatic N) is 1. The van der Waals surface area contributed by atoms with Gasteiger partial charge in [-0.1, -0.05) is 18.2 Å². The van der Waals surface area contributed by atoms with Crippen LogP contribution in [0.2, 0.25) is 0 Å². The minimum absolute atomic E-state index is 0.615. The Hall–Kier alpha value is -1.02. The van der Waals surface area contributed by atoms with E-state index in [2.05, 4.69) is 41.4 Å². The number of anilines is 1. The van der Waals surface area contributed by atoms with E-state index in [0.717, 1.165) is 12.5 Å². The van der Waals surface area contributed by atoms with E-state index in [9.17, 15) is 0 Å². The maximum atomic E-state index is 3.63. The van der Waals surface area contributed by atoms with Crippen molar-refractivity contribution in [2.75, 3.05) is 24.5 Å². The maximum absolute atomic E-state index is 3.63. The molecule has 80 valence electrons. The first-order chi connectivity index (χ1) is 7.40. The van der Waals surface area contributed by atoms with Gasteiger partial charge in [-0.2, -0.15) is 0 Å². The van der Waals surface area contributed by atoms with Gasteiger partial charge in [-0.25, -0.2) is 0 Å². The fourth-order valence-corrected chi connectivity index (χ4v) is 3.04. The Morgan fingerprint density at radius 3 is 3.13 bits per heavy atom. The van der Waals surface area contributed by atoms with E-state index in [4.69, 9.17) is 0 Å². The summed E-state index contributed by atoms with van der Waals surface area (Å²) in [6.45, 7) is 5.78. The predicted octanol–water partition coefficient (Wildman–Crippen LogP) is 2.18. The third-order valence-corrected chi connectivity index (χ3v) is 3.80. The minimum Gasteiger partial charge on any atom is -0.371 e. The molecule has 1 fully saturated rings. The third kappa shape index (κ3) is 1.36. The average molecular weight is 202 g/mol. The second kappa shape index (κ2) is 3.53. The summed E-state index contributed by atoms with van der Waals surface area (Å²) < 4.78 is 0. The summed E-state index contributed by atoms with van der Waals surface area (Å²) in [4.78, 5) is 2.52. The first kappa shape index (κ1) is 9.22. The fourth-order valence-electron chi connectivity index (χ4n) is 3.04. The molecule has 0 aliphatic carbocycles. The largest absolute Gasteiger partial charge is 0.371 e. The fraction of sp³-hybridized carbons (Fsp3) is 0.538. The molecular formula is C13H18N2. The molecule has 0 saturated carbocycles. The van der Waals surface area contributed by atoms with E-state index in [1.54, 1.807) is 0 Å². The molecule has 1 aromatic rings. The van der Waals surface area contributed by atoms with Crippen LogP contribution in [0, 0.1) is 5.92 Å². The molecule has 0 aromatic heterocycles. The van der Waals surface area contributed by atoms with Crippen LogP contribution in [-0.2, 0) is 0 Å². The minimum atomic E-state index is 0.615. The zero-order chi connectivity index (χ0) is 10.3. The van der Waals surface area contributed by atoms with Crippen LogP contribution in [0.5, 0.6) is 0 Å². The van der Waals surface area contributed by atoms with E-state index in [1.165, 1.54) is 30.8 Å². The van der Waals surface area contributed by atoms with E-state index < -0.39 is 0 Å². The molecule has 1 N–H and O–H groups in total. The molecule has 0 unspecified atom stereocenters. The summed E-state index contributed by atoms with van der Waals surface area (Å²) in [5, 5.41) is 3.63. The average Bonchev–Trinajstić information content (AvgIpc) is 2.76. The van der Waals surface area contributed by atoms with Crippen LogP contribution < -0.4 is 10.2 Å². The molecule has 2 heteroatoms. The number of para-hydroxylation sites is 1. The SMILES string of the molecule is CCN1C[C@H]2CCN[C@H]2c2ccccc21. The number of rotatable bonds is 1. The van der Waals surface area contributed by atoms with Crippen LogP contribution in [0.25, 0.3) is 0 Å². The Balaban J connectivity index is 2.06. The third-order valence-electron chi connectivity index (χ3n) is 3.80. The maximum Gasteiger partial charge on any atom is 0.0414 e. The van der Waals surface area contributed by atoms with Crippen molar-refractivity contribution in [3.05, 3.63) is 29.8 Å². The van der Waals surface area contributed by atoms with Gasteiger partial charge in [0.15, 0.2) is 0 Å². The van der Waals surface area contributed by atoms with Crippen LogP contribution >= 0.6 is 0 Å². The second-order valence-corrected chi connectivity index (χ2v) is 4.58. The van der Waals surface area contributed by atoms with Gasteiger partial charge in [-0.3, -0.25) is 0 Å². The Bertz CT molecular complexity index is 361. The lowest BCUT2D eigenvalue weighted by Gasteiger charge is -2.37. The van der Waals surface area contributed by atoms with Gasteiger partial charge in [-0.05, 0) is 37.4 Å².